The average Bonchev–Trinajstić information content (AvgIpc) is 3.67. The summed E-state index contributed by atoms with van der Waals surface area (Å²) in [6.07, 6.45) is 8.56. The summed E-state index contributed by atoms with van der Waals surface area (Å²) >= 11 is 1.79. The van der Waals surface area contributed by atoms with E-state index in [1.807, 2.05) is 30.3 Å². The Balaban J connectivity index is 1.37. The third kappa shape index (κ3) is 3.15. The summed E-state index contributed by atoms with van der Waals surface area (Å²) in [5, 5.41) is 4.33. The number of alkyl halides is 6. The van der Waals surface area contributed by atoms with Gasteiger partial charge in [0.2, 0.25) is 0 Å². The van der Waals surface area contributed by atoms with E-state index in [-0.39, 0.29) is 32.7 Å². The van der Waals surface area contributed by atoms with Crippen LogP contribution in [0.3, 0.4) is 0 Å². The van der Waals surface area contributed by atoms with Gasteiger partial charge in [0.05, 0.1) is 11.0 Å². The molecule has 1 aromatic heterocycles. The first-order valence-electron chi connectivity index (χ1n) is 15.3. The van der Waals surface area contributed by atoms with E-state index >= 15 is 17.6 Å². The molecule has 2 unspecified atom stereocenters. The Morgan fingerprint density at radius 3 is 1.91 bits per heavy atom. The van der Waals surface area contributed by atoms with Gasteiger partial charge in [-0.3, -0.25) is 0 Å². The topological polar surface area (TPSA) is 4.93 Å². The van der Waals surface area contributed by atoms with Crippen molar-refractivity contribution in [2.75, 3.05) is 0 Å². The molecule has 8 heteroatoms. The van der Waals surface area contributed by atoms with Crippen LogP contribution < -0.4 is 0 Å². The monoisotopic (exact) mass is 649 g/mol. The Morgan fingerprint density at radius 1 is 0.574 bits per heavy atom. The number of para-hydroxylation sites is 1. The number of rotatable bonds is 1. The van der Waals surface area contributed by atoms with Gasteiger partial charge in [0, 0.05) is 43.7 Å². The molecule has 0 spiro atoms. The third-order valence-corrected chi connectivity index (χ3v) is 11.5. The summed E-state index contributed by atoms with van der Waals surface area (Å²) in [5.41, 5.74) is 1.09. The largest absolute Gasteiger partial charge is 0.380 e. The van der Waals surface area contributed by atoms with E-state index in [0.29, 0.717) is 5.69 Å². The van der Waals surface area contributed by atoms with E-state index < -0.39 is 28.9 Å². The molecule has 1 aliphatic heterocycles. The molecule has 0 amide bonds. The van der Waals surface area contributed by atoms with Crippen molar-refractivity contribution < 1.29 is 26.3 Å². The van der Waals surface area contributed by atoms with Crippen LogP contribution in [0.2, 0.25) is 0 Å². The normalized spacial score (nSPS) is 21.7. The van der Waals surface area contributed by atoms with Crippen molar-refractivity contribution >= 4 is 65.9 Å². The zero-order valence-electron chi connectivity index (χ0n) is 24.2. The summed E-state index contributed by atoms with van der Waals surface area (Å²) in [5.74, 6) is -15.5. The molecular weight excluding hydrogens is 628 g/mol. The van der Waals surface area contributed by atoms with Gasteiger partial charge < -0.3 is 4.57 Å². The van der Waals surface area contributed by atoms with Gasteiger partial charge in [0.15, 0.2) is 0 Å². The van der Waals surface area contributed by atoms with E-state index in [9.17, 15) is 8.78 Å². The second kappa shape index (κ2) is 8.81. The first kappa shape index (κ1) is 27.4. The molecule has 0 saturated heterocycles. The second-order valence-corrected chi connectivity index (χ2v) is 13.7. The summed E-state index contributed by atoms with van der Waals surface area (Å²) in [7, 11) is 0. The van der Waals surface area contributed by atoms with Crippen LogP contribution in [0.4, 0.5) is 26.3 Å². The summed E-state index contributed by atoms with van der Waals surface area (Å²) < 4.78 is 93.3. The fraction of sp³-hybridized carbons (Fsp3) is 0.128. The highest BCUT2D eigenvalue weighted by molar-refractivity contribution is 8.00. The predicted molar refractivity (Wildman–Crippen MR) is 177 cm³/mol. The lowest BCUT2D eigenvalue weighted by atomic mass is 9.87. The molecule has 1 nitrogen and oxygen atoms in total. The van der Waals surface area contributed by atoms with Crippen LogP contribution in [0.15, 0.2) is 120 Å². The van der Waals surface area contributed by atoms with Crippen molar-refractivity contribution in [3.8, 4) is 5.69 Å². The molecule has 0 bridgehead atoms. The van der Waals surface area contributed by atoms with Gasteiger partial charge >= 0.3 is 17.8 Å². The van der Waals surface area contributed by atoms with Crippen molar-refractivity contribution in [2.45, 2.75) is 33.8 Å². The van der Waals surface area contributed by atoms with Crippen LogP contribution in [0, 0.1) is 0 Å². The van der Waals surface area contributed by atoms with Gasteiger partial charge in [-0.1, -0.05) is 97.1 Å². The number of hydrogen-bond donors (Lipinski definition) is 0. The van der Waals surface area contributed by atoms with Crippen LogP contribution in [0.1, 0.15) is 22.6 Å². The zero-order valence-corrected chi connectivity index (χ0v) is 25.1. The lowest BCUT2D eigenvalue weighted by molar-refractivity contribution is -0.301. The van der Waals surface area contributed by atoms with Gasteiger partial charge in [-0.25, -0.2) is 0 Å². The molecule has 0 saturated carbocycles. The highest BCUT2D eigenvalue weighted by Crippen LogP contribution is 2.66. The molecule has 0 fully saturated rings. The number of thioether (sulfide) groups is 1. The molecule has 0 N–H and O–H groups in total. The lowest BCUT2D eigenvalue weighted by Crippen LogP contribution is -2.43. The van der Waals surface area contributed by atoms with Crippen molar-refractivity contribution in [3.63, 3.8) is 0 Å². The number of halogens is 6. The maximum atomic E-state index is 15.5. The minimum atomic E-state index is -5.58. The summed E-state index contributed by atoms with van der Waals surface area (Å²) in [4.78, 5) is 1.12. The fourth-order valence-electron chi connectivity index (χ4n) is 8.21. The molecule has 0 radical (unpaired) electrons. The number of nitrogens with zero attached hydrogens (tertiary/aromatic N) is 1. The zero-order chi connectivity index (χ0) is 32.0. The molecule has 2 aliphatic carbocycles. The molecule has 47 heavy (non-hydrogen) atoms. The number of fused-ring (bicyclic) bond motifs is 16. The Bertz CT molecular complexity index is 2610. The van der Waals surface area contributed by atoms with Crippen molar-refractivity contribution in [1.29, 1.82) is 0 Å². The Kier molecular flexibility index (Phi) is 5.14. The molecule has 2 atom stereocenters. The minimum Gasteiger partial charge on any atom is -0.308 e. The highest BCUT2D eigenvalue weighted by atomic mass is 32.2. The van der Waals surface area contributed by atoms with E-state index in [1.54, 1.807) is 30.0 Å². The van der Waals surface area contributed by atoms with Crippen LogP contribution >= 0.6 is 11.8 Å². The summed E-state index contributed by atoms with van der Waals surface area (Å²) in [6, 6.07) is 26.7. The molecule has 10 rings (SSSR count). The first-order valence-corrected chi connectivity index (χ1v) is 16.1. The Morgan fingerprint density at radius 2 is 1.17 bits per heavy atom. The predicted octanol–water partition coefficient (Wildman–Crippen LogP) is 11.8. The number of benzene rings is 6. The quantitative estimate of drug-likeness (QED) is 0.127. The minimum absolute atomic E-state index is 0.162. The van der Waals surface area contributed by atoms with Gasteiger partial charge in [-0.2, -0.15) is 26.3 Å². The maximum Gasteiger partial charge on any atom is 0.380 e. The van der Waals surface area contributed by atoms with Crippen LogP contribution in [-0.2, 0) is 11.8 Å². The van der Waals surface area contributed by atoms with E-state index in [1.165, 1.54) is 35.2 Å². The Labute approximate surface area is 267 Å². The number of hydrogen-bond acceptors (Lipinski definition) is 1. The fourth-order valence-corrected chi connectivity index (χ4v) is 9.70. The van der Waals surface area contributed by atoms with Crippen LogP contribution in [-0.4, -0.2) is 15.7 Å². The Hall–Kier alpha value is -4.69. The van der Waals surface area contributed by atoms with Gasteiger partial charge in [0.25, 0.3) is 0 Å². The highest BCUT2D eigenvalue weighted by Gasteiger charge is 2.79. The van der Waals surface area contributed by atoms with Crippen molar-refractivity contribution in [1.82, 2.24) is 4.57 Å². The van der Waals surface area contributed by atoms with Crippen molar-refractivity contribution in [2.24, 2.45) is 0 Å². The van der Waals surface area contributed by atoms with Crippen LogP contribution in [0.25, 0.3) is 59.8 Å². The number of allylic oxidation sites excluding steroid dienone is 3. The summed E-state index contributed by atoms with van der Waals surface area (Å²) in [6.45, 7) is 0. The standard InChI is InChI=1S/C39H21F6NS/c40-37(41)33-24-12-4-1-9-21(24)28-19-20(17-18-25(28)34(33)38(42,43)39(37,44)45)46-29-15-7-5-13-26(29)31-22-10-2-3-11-23(22)32-27-14-6-8-16-30(27)47-36(32)35(31)46/h1-19,27,30H. The van der Waals surface area contributed by atoms with Crippen LogP contribution in [0.5, 0.6) is 0 Å². The van der Waals surface area contributed by atoms with E-state index in [4.69, 9.17) is 0 Å². The second-order valence-electron chi connectivity index (χ2n) is 12.5. The van der Waals surface area contributed by atoms with E-state index in [0.717, 1.165) is 32.1 Å². The lowest BCUT2D eigenvalue weighted by Gasteiger charge is -2.23. The van der Waals surface area contributed by atoms with Gasteiger partial charge in [-0.15, -0.1) is 11.8 Å². The SMILES string of the molecule is FC1(F)c2c(c3ccc(-n4c5ccccc5c5c6ccccc6c6c(c54)SC4C=CC=CC64)cc3c3ccccc23)C(F)(F)C1(F)F. The molecular formula is C39H21F6NS. The molecule has 2 heterocycles. The molecule has 7 aromatic rings. The van der Waals surface area contributed by atoms with Crippen molar-refractivity contribution in [3.05, 3.63) is 132 Å². The average molecular weight is 650 g/mol. The van der Waals surface area contributed by atoms with Gasteiger partial charge in [0.1, 0.15) is 0 Å². The smallest absolute Gasteiger partial charge is 0.308 e. The number of aromatic nitrogens is 1. The third-order valence-electron chi connectivity index (χ3n) is 10.2. The van der Waals surface area contributed by atoms with E-state index in [2.05, 4.69) is 47.1 Å². The molecule has 3 aliphatic rings. The maximum absolute atomic E-state index is 15.5. The molecule has 6 aromatic carbocycles. The molecule has 230 valence electrons. The van der Waals surface area contributed by atoms with Gasteiger partial charge in [-0.05, 0) is 56.1 Å². The first-order chi connectivity index (χ1) is 22.6.